The SMILES string of the molecule is COCOC(COS(C)(=O)=O)c1cccc(Cl)c1. The lowest BCUT2D eigenvalue weighted by Crippen LogP contribution is -2.16. The van der Waals surface area contributed by atoms with Crippen molar-refractivity contribution in [1.82, 2.24) is 0 Å². The van der Waals surface area contributed by atoms with Gasteiger partial charge in [-0.2, -0.15) is 8.42 Å². The summed E-state index contributed by atoms with van der Waals surface area (Å²) in [6.07, 6.45) is 0.427. The second-order valence-corrected chi connectivity index (χ2v) is 5.69. The van der Waals surface area contributed by atoms with Crippen molar-refractivity contribution in [3.63, 3.8) is 0 Å². The van der Waals surface area contributed by atoms with Crippen molar-refractivity contribution in [2.24, 2.45) is 0 Å². The zero-order chi connectivity index (χ0) is 13.6. The highest BCUT2D eigenvalue weighted by Crippen LogP contribution is 2.21. The average Bonchev–Trinajstić information content (AvgIpc) is 2.28. The average molecular weight is 295 g/mol. The van der Waals surface area contributed by atoms with Crippen molar-refractivity contribution in [2.75, 3.05) is 26.8 Å². The van der Waals surface area contributed by atoms with Crippen LogP contribution < -0.4 is 0 Å². The Morgan fingerprint density at radius 3 is 2.67 bits per heavy atom. The van der Waals surface area contributed by atoms with Crippen LogP contribution in [0.3, 0.4) is 0 Å². The molecule has 18 heavy (non-hydrogen) atoms. The Morgan fingerprint density at radius 1 is 1.39 bits per heavy atom. The van der Waals surface area contributed by atoms with Crippen LogP contribution in [0.4, 0.5) is 0 Å². The summed E-state index contributed by atoms with van der Waals surface area (Å²) in [5, 5.41) is 0.540. The molecule has 0 heterocycles. The van der Waals surface area contributed by atoms with Crippen molar-refractivity contribution in [1.29, 1.82) is 0 Å². The topological polar surface area (TPSA) is 61.8 Å². The second-order valence-electron chi connectivity index (χ2n) is 3.61. The molecule has 1 atom stereocenters. The van der Waals surface area contributed by atoms with E-state index in [4.69, 9.17) is 25.3 Å². The first kappa shape index (κ1) is 15.4. The van der Waals surface area contributed by atoms with E-state index in [9.17, 15) is 8.42 Å². The van der Waals surface area contributed by atoms with Crippen molar-refractivity contribution in [3.8, 4) is 0 Å². The fourth-order valence-electron chi connectivity index (χ4n) is 1.28. The van der Waals surface area contributed by atoms with Crippen molar-refractivity contribution < 1.29 is 22.1 Å². The first-order chi connectivity index (χ1) is 8.42. The minimum absolute atomic E-state index is 0.0320. The van der Waals surface area contributed by atoms with Crippen molar-refractivity contribution in [2.45, 2.75) is 6.10 Å². The molecule has 0 aliphatic rings. The van der Waals surface area contributed by atoms with Crippen LogP contribution in [0.2, 0.25) is 5.02 Å². The van der Waals surface area contributed by atoms with Crippen LogP contribution in [0.5, 0.6) is 0 Å². The number of ether oxygens (including phenoxy) is 2. The number of rotatable bonds is 7. The quantitative estimate of drug-likeness (QED) is 0.568. The predicted octanol–water partition coefficient (Wildman–Crippen LogP) is 1.98. The molecule has 0 fully saturated rings. The lowest BCUT2D eigenvalue weighted by atomic mass is 10.1. The van der Waals surface area contributed by atoms with Gasteiger partial charge in [0, 0.05) is 12.1 Å². The highest BCUT2D eigenvalue weighted by molar-refractivity contribution is 7.85. The third-order valence-corrected chi connectivity index (χ3v) is 2.84. The summed E-state index contributed by atoms with van der Waals surface area (Å²) < 4.78 is 36.8. The summed E-state index contributed by atoms with van der Waals surface area (Å²) in [4.78, 5) is 0. The molecule has 1 aromatic carbocycles. The van der Waals surface area contributed by atoms with Gasteiger partial charge in [0.25, 0.3) is 10.1 Å². The third kappa shape index (κ3) is 5.79. The van der Waals surface area contributed by atoms with Gasteiger partial charge in [-0.3, -0.25) is 4.18 Å². The zero-order valence-electron chi connectivity index (χ0n) is 10.1. The van der Waals surface area contributed by atoms with Gasteiger partial charge in [0.15, 0.2) is 0 Å². The standard InChI is InChI=1S/C11H15ClO5S/c1-15-8-16-11(7-17-18(2,13)14)9-4-3-5-10(12)6-9/h3-6,11H,7-8H2,1-2H3. The highest BCUT2D eigenvalue weighted by atomic mass is 35.5. The van der Waals surface area contributed by atoms with Gasteiger partial charge in [0.2, 0.25) is 0 Å². The maximum absolute atomic E-state index is 11.0. The second kappa shape index (κ2) is 7.06. The minimum atomic E-state index is -3.52. The van der Waals surface area contributed by atoms with Crippen LogP contribution in [0.25, 0.3) is 0 Å². The Kier molecular flexibility index (Phi) is 6.04. The van der Waals surface area contributed by atoms with E-state index in [0.717, 1.165) is 11.8 Å². The molecule has 1 unspecified atom stereocenters. The molecule has 5 nitrogen and oxygen atoms in total. The largest absolute Gasteiger partial charge is 0.359 e. The van der Waals surface area contributed by atoms with E-state index in [0.29, 0.717) is 5.02 Å². The smallest absolute Gasteiger partial charge is 0.264 e. The maximum Gasteiger partial charge on any atom is 0.264 e. The number of hydrogen-bond acceptors (Lipinski definition) is 5. The lowest BCUT2D eigenvalue weighted by molar-refractivity contribution is -0.0850. The molecular formula is C11H15ClO5S. The van der Waals surface area contributed by atoms with Crippen molar-refractivity contribution >= 4 is 21.7 Å². The zero-order valence-corrected chi connectivity index (χ0v) is 11.7. The number of hydrogen-bond donors (Lipinski definition) is 0. The first-order valence-electron chi connectivity index (χ1n) is 5.13. The van der Waals surface area contributed by atoms with Crippen LogP contribution in [-0.2, 0) is 23.8 Å². The first-order valence-corrected chi connectivity index (χ1v) is 7.32. The van der Waals surface area contributed by atoms with Crippen LogP contribution in [0.15, 0.2) is 24.3 Å². The van der Waals surface area contributed by atoms with Gasteiger partial charge in [-0.25, -0.2) is 0 Å². The van der Waals surface area contributed by atoms with Gasteiger partial charge in [-0.05, 0) is 17.7 Å². The fraction of sp³-hybridized carbons (Fsp3) is 0.455. The van der Waals surface area contributed by atoms with Crippen LogP contribution >= 0.6 is 11.6 Å². The molecular weight excluding hydrogens is 280 g/mol. The molecule has 1 aromatic rings. The van der Waals surface area contributed by atoms with Gasteiger partial charge < -0.3 is 9.47 Å². The Morgan fingerprint density at radius 2 is 2.11 bits per heavy atom. The molecule has 0 aliphatic heterocycles. The van der Waals surface area contributed by atoms with E-state index >= 15 is 0 Å². The Hall–Kier alpha value is -0.660. The van der Waals surface area contributed by atoms with Gasteiger partial charge >= 0.3 is 0 Å². The van der Waals surface area contributed by atoms with E-state index in [2.05, 4.69) is 0 Å². The lowest BCUT2D eigenvalue weighted by Gasteiger charge is -2.17. The molecule has 102 valence electrons. The molecule has 0 radical (unpaired) electrons. The van der Waals surface area contributed by atoms with Gasteiger partial charge in [-0.15, -0.1) is 0 Å². The van der Waals surface area contributed by atoms with Gasteiger partial charge in [0.1, 0.15) is 12.9 Å². The van der Waals surface area contributed by atoms with E-state index in [1.165, 1.54) is 7.11 Å². The summed E-state index contributed by atoms with van der Waals surface area (Å²) in [7, 11) is -2.04. The molecule has 0 aromatic heterocycles. The highest BCUT2D eigenvalue weighted by Gasteiger charge is 2.15. The number of benzene rings is 1. The minimum Gasteiger partial charge on any atom is -0.359 e. The Labute approximate surface area is 112 Å². The van der Waals surface area contributed by atoms with E-state index < -0.39 is 16.2 Å². The molecule has 1 rings (SSSR count). The van der Waals surface area contributed by atoms with Gasteiger partial charge in [0.05, 0.1) is 12.9 Å². The predicted molar refractivity (Wildman–Crippen MR) is 67.9 cm³/mol. The molecule has 0 amide bonds. The van der Waals surface area contributed by atoms with E-state index in [-0.39, 0.29) is 13.4 Å². The fourth-order valence-corrected chi connectivity index (χ4v) is 1.85. The van der Waals surface area contributed by atoms with Gasteiger partial charge in [-0.1, -0.05) is 23.7 Å². The normalized spacial score (nSPS) is 13.5. The molecule has 7 heteroatoms. The molecule has 0 aliphatic carbocycles. The summed E-state index contributed by atoms with van der Waals surface area (Å²) >= 11 is 5.87. The molecule has 0 saturated heterocycles. The van der Waals surface area contributed by atoms with Crippen LogP contribution in [0, 0.1) is 0 Å². The summed E-state index contributed by atoms with van der Waals surface area (Å²) in [5.74, 6) is 0. The van der Waals surface area contributed by atoms with E-state index in [1.807, 2.05) is 0 Å². The number of halogens is 1. The summed E-state index contributed by atoms with van der Waals surface area (Å²) in [6, 6.07) is 6.93. The maximum atomic E-state index is 11.0. The summed E-state index contributed by atoms with van der Waals surface area (Å²) in [6.45, 7) is -0.0904. The van der Waals surface area contributed by atoms with Crippen LogP contribution in [0.1, 0.15) is 11.7 Å². The number of methoxy groups -OCH3 is 1. The summed E-state index contributed by atoms with van der Waals surface area (Å²) in [5.41, 5.74) is 0.725. The molecule has 0 spiro atoms. The molecule has 0 N–H and O–H groups in total. The van der Waals surface area contributed by atoms with E-state index in [1.54, 1.807) is 24.3 Å². The van der Waals surface area contributed by atoms with Crippen LogP contribution in [-0.4, -0.2) is 35.2 Å². The third-order valence-electron chi connectivity index (χ3n) is 2.04. The molecule has 0 saturated carbocycles. The molecule has 0 bridgehead atoms. The Balaban J connectivity index is 2.77. The Bertz CT molecular complexity index is 474. The monoisotopic (exact) mass is 294 g/mol. The van der Waals surface area contributed by atoms with Crippen molar-refractivity contribution in [3.05, 3.63) is 34.9 Å².